The van der Waals surface area contributed by atoms with Gasteiger partial charge in [-0.1, -0.05) is 27.2 Å². The number of hydrogen-bond donors (Lipinski definition) is 2. The highest BCUT2D eigenvalue weighted by atomic mass is 15.2. The minimum Gasteiger partial charge on any atom is -0.387 e. The SMILES string of the molecule is CCC1CCCCN1CCCC(C)(C)C(=N)N. The zero-order valence-corrected chi connectivity index (χ0v) is 11.8. The van der Waals surface area contributed by atoms with Crippen molar-refractivity contribution in [2.75, 3.05) is 13.1 Å². The summed E-state index contributed by atoms with van der Waals surface area (Å²) < 4.78 is 0. The molecule has 0 aromatic rings. The van der Waals surface area contributed by atoms with Crippen molar-refractivity contribution >= 4 is 5.84 Å². The van der Waals surface area contributed by atoms with Gasteiger partial charge in [-0.2, -0.15) is 0 Å². The van der Waals surface area contributed by atoms with Crippen LogP contribution in [0.25, 0.3) is 0 Å². The van der Waals surface area contributed by atoms with Crippen LogP contribution in [0.15, 0.2) is 0 Å². The molecule has 3 N–H and O–H groups in total. The van der Waals surface area contributed by atoms with Gasteiger partial charge >= 0.3 is 0 Å². The number of likely N-dealkylation sites (tertiary alicyclic amines) is 1. The third kappa shape index (κ3) is 4.30. The lowest BCUT2D eigenvalue weighted by Gasteiger charge is -2.36. The lowest BCUT2D eigenvalue weighted by molar-refractivity contribution is 0.138. The molecule has 0 aliphatic carbocycles. The molecule has 1 rings (SSSR count). The van der Waals surface area contributed by atoms with Crippen LogP contribution in [-0.4, -0.2) is 29.9 Å². The Morgan fingerprint density at radius 2 is 2.12 bits per heavy atom. The average Bonchev–Trinajstić information content (AvgIpc) is 2.29. The van der Waals surface area contributed by atoms with Crippen molar-refractivity contribution in [3.05, 3.63) is 0 Å². The maximum absolute atomic E-state index is 7.56. The maximum Gasteiger partial charge on any atom is 0.0963 e. The van der Waals surface area contributed by atoms with Gasteiger partial charge in [0.15, 0.2) is 0 Å². The molecule has 0 aromatic carbocycles. The summed E-state index contributed by atoms with van der Waals surface area (Å²) in [6, 6.07) is 0.796. The number of nitrogens with one attached hydrogen (secondary N) is 1. The molecular weight excluding hydrogens is 210 g/mol. The maximum atomic E-state index is 7.56. The zero-order chi connectivity index (χ0) is 12.9. The van der Waals surface area contributed by atoms with Crippen molar-refractivity contribution < 1.29 is 0 Å². The number of rotatable bonds is 6. The summed E-state index contributed by atoms with van der Waals surface area (Å²) in [5.74, 6) is 0.322. The van der Waals surface area contributed by atoms with Crippen molar-refractivity contribution in [1.29, 1.82) is 5.41 Å². The molecule has 0 bridgehead atoms. The van der Waals surface area contributed by atoms with Gasteiger partial charge < -0.3 is 10.6 Å². The van der Waals surface area contributed by atoms with Crippen molar-refractivity contribution in [1.82, 2.24) is 4.90 Å². The zero-order valence-electron chi connectivity index (χ0n) is 11.8. The fourth-order valence-electron chi connectivity index (χ4n) is 2.68. The Bertz CT molecular complexity index is 248. The van der Waals surface area contributed by atoms with Gasteiger partial charge in [0.05, 0.1) is 5.84 Å². The molecule has 1 saturated heterocycles. The fraction of sp³-hybridized carbons (Fsp3) is 0.929. The Labute approximate surface area is 106 Å². The molecular formula is C14H29N3. The van der Waals surface area contributed by atoms with Crippen molar-refractivity contribution in [3.8, 4) is 0 Å². The van der Waals surface area contributed by atoms with Gasteiger partial charge in [-0.25, -0.2) is 0 Å². The van der Waals surface area contributed by atoms with Gasteiger partial charge in [0, 0.05) is 11.5 Å². The first-order valence-corrected chi connectivity index (χ1v) is 7.06. The normalized spacial score (nSPS) is 22.6. The highest BCUT2D eigenvalue weighted by Crippen LogP contribution is 2.24. The van der Waals surface area contributed by atoms with Crippen LogP contribution in [0.5, 0.6) is 0 Å². The molecule has 1 unspecified atom stereocenters. The molecule has 1 aliphatic heterocycles. The number of amidine groups is 1. The van der Waals surface area contributed by atoms with Gasteiger partial charge in [-0.05, 0) is 45.2 Å². The van der Waals surface area contributed by atoms with Gasteiger partial charge in [0.25, 0.3) is 0 Å². The summed E-state index contributed by atoms with van der Waals surface area (Å²) in [6.45, 7) is 8.88. The predicted octanol–water partition coefficient (Wildman–Crippen LogP) is 2.99. The van der Waals surface area contributed by atoms with E-state index in [-0.39, 0.29) is 5.41 Å². The minimum atomic E-state index is -0.127. The molecule has 17 heavy (non-hydrogen) atoms. The Hall–Kier alpha value is -0.570. The molecule has 0 radical (unpaired) electrons. The Kier molecular flexibility index (Phi) is 5.44. The van der Waals surface area contributed by atoms with E-state index in [4.69, 9.17) is 11.1 Å². The van der Waals surface area contributed by atoms with E-state index in [0.717, 1.165) is 18.9 Å². The predicted molar refractivity (Wildman–Crippen MR) is 74.4 cm³/mol. The van der Waals surface area contributed by atoms with Crippen molar-refractivity contribution in [2.45, 2.75) is 65.3 Å². The summed E-state index contributed by atoms with van der Waals surface area (Å²) >= 11 is 0. The second-order valence-electron chi connectivity index (χ2n) is 5.99. The Morgan fingerprint density at radius 3 is 2.71 bits per heavy atom. The minimum absolute atomic E-state index is 0.127. The number of hydrogen-bond acceptors (Lipinski definition) is 2. The molecule has 0 aromatic heterocycles. The lowest BCUT2D eigenvalue weighted by Crippen LogP contribution is -2.40. The van der Waals surface area contributed by atoms with Gasteiger partial charge in [0.2, 0.25) is 0 Å². The third-order valence-electron chi connectivity index (χ3n) is 4.20. The van der Waals surface area contributed by atoms with Crippen LogP contribution in [0.4, 0.5) is 0 Å². The van der Waals surface area contributed by atoms with E-state index in [1.807, 2.05) is 0 Å². The van der Waals surface area contributed by atoms with E-state index in [2.05, 4.69) is 25.7 Å². The second-order valence-corrected chi connectivity index (χ2v) is 5.99. The van der Waals surface area contributed by atoms with E-state index in [1.165, 1.54) is 38.8 Å². The van der Waals surface area contributed by atoms with Crippen LogP contribution in [0.1, 0.15) is 59.3 Å². The smallest absolute Gasteiger partial charge is 0.0963 e. The first-order valence-electron chi connectivity index (χ1n) is 7.06. The summed E-state index contributed by atoms with van der Waals surface area (Å²) in [6.07, 6.45) is 7.57. The van der Waals surface area contributed by atoms with Crippen LogP contribution in [0.2, 0.25) is 0 Å². The molecule has 0 saturated carbocycles. The van der Waals surface area contributed by atoms with E-state index in [1.54, 1.807) is 0 Å². The van der Waals surface area contributed by atoms with E-state index < -0.39 is 0 Å². The summed E-state index contributed by atoms with van der Waals surface area (Å²) in [5.41, 5.74) is 5.49. The third-order valence-corrected chi connectivity index (χ3v) is 4.20. The van der Waals surface area contributed by atoms with Gasteiger partial charge in [-0.15, -0.1) is 0 Å². The molecule has 1 aliphatic rings. The van der Waals surface area contributed by atoms with E-state index in [9.17, 15) is 0 Å². The Morgan fingerprint density at radius 1 is 1.41 bits per heavy atom. The summed E-state index contributed by atoms with van der Waals surface area (Å²) in [7, 11) is 0. The van der Waals surface area contributed by atoms with Crippen molar-refractivity contribution in [3.63, 3.8) is 0 Å². The number of nitrogens with zero attached hydrogens (tertiary/aromatic N) is 1. The standard InChI is InChI=1S/C14H29N3/c1-4-12-8-5-6-10-17(12)11-7-9-14(2,3)13(15)16/h12H,4-11H2,1-3H3,(H3,15,16). The molecule has 3 heteroatoms. The molecule has 3 nitrogen and oxygen atoms in total. The molecule has 1 atom stereocenters. The van der Waals surface area contributed by atoms with Crippen LogP contribution < -0.4 is 5.73 Å². The average molecular weight is 239 g/mol. The highest BCUT2D eigenvalue weighted by Gasteiger charge is 2.24. The van der Waals surface area contributed by atoms with Gasteiger partial charge in [0.1, 0.15) is 0 Å². The molecule has 1 heterocycles. The fourth-order valence-corrected chi connectivity index (χ4v) is 2.68. The number of nitrogens with two attached hydrogens (primary N) is 1. The monoisotopic (exact) mass is 239 g/mol. The quantitative estimate of drug-likeness (QED) is 0.553. The second kappa shape index (κ2) is 6.39. The van der Waals surface area contributed by atoms with Crippen LogP contribution >= 0.6 is 0 Å². The lowest BCUT2D eigenvalue weighted by atomic mass is 9.86. The summed E-state index contributed by atoms with van der Waals surface area (Å²) in [5, 5.41) is 7.56. The van der Waals surface area contributed by atoms with E-state index in [0.29, 0.717) is 5.84 Å². The number of piperidine rings is 1. The first-order chi connectivity index (χ1) is 7.97. The molecule has 0 amide bonds. The molecule has 0 spiro atoms. The van der Waals surface area contributed by atoms with Gasteiger partial charge in [-0.3, -0.25) is 5.41 Å². The van der Waals surface area contributed by atoms with Crippen LogP contribution in [0, 0.1) is 10.8 Å². The largest absolute Gasteiger partial charge is 0.387 e. The Balaban J connectivity index is 2.32. The molecule has 1 fully saturated rings. The van der Waals surface area contributed by atoms with Crippen molar-refractivity contribution in [2.24, 2.45) is 11.1 Å². The molecule has 100 valence electrons. The van der Waals surface area contributed by atoms with E-state index >= 15 is 0 Å². The van der Waals surface area contributed by atoms with Crippen LogP contribution in [0.3, 0.4) is 0 Å². The van der Waals surface area contributed by atoms with Crippen LogP contribution in [-0.2, 0) is 0 Å². The topological polar surface area (TPSA) is 53.1 Å². The highest BCUT2D eigenvalue weighted by molar-refractivity contribution is 5.82. The summed E-state index contributed by atoms with van der Waals surface area (Å²) in [4.78, 5) is 2.64. The first kappa shape index (κ1) is 14.5.